The maximum absolute atomic E-state index is 13.0. The Morgan fingerprint density at radius 2 is 1.93 bits per heavy atom. The standard InChI is InChI=1S/C21H23FN4O2/c1-15(12-17-6-4-5-7-20(17)28-3)25(2)21(27)19-14-26(24-23-19)13-16-8-10-18(22)11-9-16/h4-11,14-15H,12-13H2,1-3H3/t15-/m1/s1. The molecule has 7 heteroatoms. The van der Waals surface area contributed by atoms with Crippen molar-refractivity contribution in [1.29, 1.82) is 0 Å². The number of carbonyl (C=O) groups is 1. The first-order chi connectivity index (χ1) is 13.5. The maximum atomic E-state index is 13.0. The Kier molecular flexibility index (Phi) is 6.03. The molecule has 1 amide bonds. The van der Waals surface area contributed by atoms with Crippen molar-refractivity contribution in [2.45, 2.75) is 25.9 Å². The van der Waals surface area contributed by atoms with Crippen molar-refractivity contribution in [3.63, 3.8) is 0 Å². The van der Waals surface area contributed by atoms with Gasteiger partial charge in [-0.1, -0.05) is 35.5 Å². The maximum Gasteiger partial charge on any atom is 0.276 e. The minimum absolute atomic E-state index is 0.0500. The topological polar surface area (TPSA) is 60.2 Å². The van der Waals surface area contributed by atoms with Gasteiger partial charge in [0.15, 0.2) is 5.69 Å². The van der Waals surface area contributed by atoms with Crippen LogP contribution in [0.15, 0.2) is 54.7 Å². The highest BCUT2D eigenvalue weighted by Crippen LogP contribution is 2.20. The van der Waals surface area contributed by atoms with Crippen LogP contribution >= 0.6 is 0 Å². The monoisotopic (exact) mass is 382 g/mol. The average molecular weight is 382 g/mol. The lowest BCUT2D eigenvalue weighted by Crippen LogP contribution is -2.36. The molecule has 146 valence electrons. The van der Waals surface area contributed by atoms with Gasteiger partial charge in [-0.05, 0) is 42.7 Å². The van der Waals surface area contributed by atoms with E-state index in [2.05, 4.69) is 10.3 Å². The Morgan fingerprint density at radius 3 is 2.64 bits per heavy atom. The zero-order chi connectivity index (χ0) is 20.1. The predicted octanol–water partition coefficient (Wildman–Crippen LogP) is 3.18. The van der Waals surface area contributed by atoms with E-state index in [0.717, 1.165) is 16.9 Å². The van der Waals surface area contributed by atoms with Crippen molar-refractivity contribution in [3.8, 4) is 5.75 Å². The van der Waals surface area contributed by atoms with Crippen molar-refractivity contribution in [1.82, 2.24) is 19.9 Å². The molecule has 0 saturated carbocycles. The summed E-state index contributed by atoms with van der Waals surface area (Å²) in [5.74, 6) is 0.317. The summed E-state index contributed by atoms with van der Waals surface area (Å²) in [6.07, 6.45) is 2.27. The van der Waals surface area contributed by atoms with Gasteiger partial charge in [0, 0.05) is 13.1 Å². The molecule has 0 unspecified atom stereocenters. The molecule has 2 aromatic carbocycles. The van der Waals surface area contributed by atoms with Crippen LogP contribution in [0.2, 0.25) is 0 Å². The fraction of sp³-hybridized carbons (Fsp3) is 0.286. The Bertz CT molecular complexity index is 940. The third-order valence-corrected chi connectivity index (χ3v) is 4.70. The molecule has 0 spiro atoms. The van der Waals surface area contributed by atoms with Crippen molar-refractivity contribution in [3.05, 3.63) is 77.4 Å². The van der Waals surface area contributed by atoms with Crippen molar-refractivity contribution in [2.24, 2.45) is 0 Å². The van der Waals surface area contributed by atoms with Gasteiger partial charge in [-0.3, -0.25) is 4.79 Å². The molecule has 6 nitrogen and oxygen atoms in total. The second kappa shape index (κ2) is 8.65. The number of para-hydroxylation sites is 1. The molecule has 1 atom stereocenters. The molecule has 0 N–H and O–H groups in total. The lowest BCUT2D eigenvalue weighted by molar-refractivity contribution is 0.0737. The lowest BCUT2D eigenvalue weighted by Gasteiger charge is -2.24. The number of rotatable bonds is 7. The number of methoxy groups -OCH3 is 1. The Hall–Kier alpha value is -3.22. The van der Waals surface area contributed by atoms with E-state index in [1.807, 2.05) is 31.2 Å². The summed E-state index contributed by atoms with van der Waals surface area (Å²) in [4.78, 5) is 14.4. The van der Waals surface area contributed by atoms with E-state index >= 15 is 0 Å². The van der Waals surface area contributed by atoms with E-state index in [4.69, 9.17) is 4.74 Å². The number of amides is 1. The highest BCUT2D eigenvalue weighted by atomic mass is 19.1. The summed E-state index contributed by atoms with van der Waals surface area (Å²) in [5.41, 5.74) is 2.19. The molecule has 0 radical (unpaired) electrons. The number of hydrogen-bond acceptors (Lipinski definition) is 4. The Labute approximate surface area is 163 Å². The predicted molar refractivity (Wildman–Crippen MR) is 104 cm³/mol. The van der Waals surface area contributed by atoms with Gasteiger partial charge in [0.25, 0.3) is 5.91 Å². The number of carbonyl (C=O) groups excluding carboxylic acids is 1. The number of aromatic nitrogens is 3. The lowest BCUT2D eigenvalue weighted by atomic mass is 10.0. The van der Waals surface area contributed by atoms with Crippen LogP contribution < -0.4 is 4.74 Å². The fourth-order valence-electron chi connectivity index (χ4n) is 2.96. The molecule has 1 aromatic heterocycles. The van der Waals surface area contributed by atoms with Crippen molar-refractivity contribution in [2.75, 3.05) is 14.2 Å². The number of ether oxygens (including phenoxy) is 1. The first-order valence-electron chi connectivity index (χ1n) is 9.01. The number of halogens is 1. The molecule has 3 aromatic rings. The summed E-state index contributed by atoms with van der Waals surface area (Å²) in [7, 11) is 3.39. The van der Waals surface area contributed by atoms with Crippen LogP contribution in [0.5, 0.6) is 5.75 Å². The molecule has 0 bridgehead atoms. The van der Waals surface area contributed by atoms with Crippen LogP contribution in [0, 0.1) is 5.82 Å². The average Bonchev–Trinajstić information content (AvgIpc) is 3.17. The summed E-state index contributed by atoms with van der Waals surface area (Å²) < 4.78 is 20.0. The summed E-state index contributed by atoms with van der Waals surface area (Å²) in [6.45, 7) is 2.40. The van der Waals surface area contributed by atoms with Crippen LogP contribution in [0.1, 0.15) is 28.5 Å². The number of nitrogens with zero attached hydrogens (tertiary/aromatic N) is 4. The molecule has 0 aliphatic rings. The van der Waals surface area contributed by atoms with Crippen LogP contribution in [0.4, 0.5) is 4.39 Å². The van der Waals surface area contributed by atoms with Gasteiger partial charge in [-0.15, -0.1) is 5.10 Å². The van der Waals surface area contributed by atoms with E-state index < -0.39 is 0 Å². The molecule has 0 aliphatic heterocycles. The smallest absolute Gasteiger partial charge is 0.276 e. The normalized spacial score (nSPS) is 11.9. The zero-order valence-electron chi connectivity index (χ0n) is 16.2. The van der Waals surface area contributed by atoms with E-state index in [1.54, 1.807) is 42.1 Å². The number of benzene rings is 2. The van der Waals surface area contributed by atoms with Gasteiger partial charge in [0.05, 0.1) is 19.9 Å². The molecule has 28 heavy (non-hydrogen) atoms. The Balaban J connectivity index is 1.66. The highest BCUT2D eigenvalue weighted by Gasteiger charge is 2.21. The molecular formula is C21H23FN4O2. The van der Waals surface area contributed by atoms with Crippen LogP contribution in [0.25, 0.3) is 0 Å². The summed E-state index contributed by atoms with van der Waals surface area (Å²) in [5, 5.41) is 8.01. The Morgan fingerprint density at radius 1 is 1.21 bits per heavy atom. The summed E-state index contributed by atoms with van der Waals surface area (Å²) in [6, 6.07) is 13.9. The van der Waals surface area contributed by atoms with E-state index in [1.165, 1.54) is 12.1 Å². The second-order valence-corrected chi connectivity index (χ2v) is 6.71. The number of likely N-dealkylation sites (N-methyl/N-ethyl adjacent to an activating group) is 1. The van der Waals surface area contributed by atoms with E-state index in [9.17, 15) is 9.18 Å². The van der Waals surface area contributed by atoms with Crippen molar-refractivity contribution < 1.29 is 13.9 Å². The van der Waals surface area contributed by atoms with Crippen LogP contribution in [0.3, 0.4) is 0 Å². The van der Waals surface area contributed by atoms with Crippen LogP contribution in [-0.4, -0.2) is 46.0 Å². The van der Waals surface area contributed by atoms with Gasteiger partial charge >= 0.3 is 0 Å². The summed E-state index contributed by atoms with van der Waals surface area (Å²) >= 11 is 0. The molecule has 0 fully saturated rings. The second-order valence-electron chi connectivity index (χ2n) is 6.71. The first-order valence-corrected chi connectivity index (χ1v) is 9.01. The SMILES string of the molecule is COc1ccccc1C[C@@H](C)N(C)C(=O)c1cn(Cc2ccc(F)cc2)nn1. The van der Waals surface area contributed by atoms with Gasteiger partial charge in [-0.2, -0.15) is 0 Å². The minimum Gasteiger partial charge on any atom is -0.496 e. The van der Waals surface area contributed by atoms with Gasteiger partial charge in [-0.25, -0.2) is 9.07 Å². The largest absolute Gasteiger partial charge is 0.496 e. The number of hydrogen-bond donors (Lipinski definition) is 0. The quantitative estimate of drug-likeness (QED) is 0.630. The minimum atomic E-state index is -0.288. The fourth-order valence-corrected chi connectivity index (χ4v) is 2.96. The van der Waals surface area contributed by atoms with Crippen LogP contribution in [-0.2, 0) is 13.0 Å². The third kappa shape index (κ3) is 4.54. The van der Waals surface area contributed by atoms with Gasteiger partial charge in [0.2, 0.25) is 0 Å². The molecule has 3 rings (SSSR count). The zero-order valence-corrected chi connectivity index (χ0v) is 16.2. The molecule has 1 heterocycles. The molecule has 0 aliphatic carbocycles. The highest BCUT2D eigenvalue weighted by molar-refractivity contribution is 5.91. The molecular weight excluding hydrogens is 359 g/mol. The van der Waals surface area contributed by atoms with Crippen molar-refractivity contribution >= 4 is 5.91 Å². The van der Waals surface area contributed by atoms with E-state index in [-0.39, 0.29) is 23.5 Å². The third-order valence-electron chi connectivity index (χ3n) is 4.70. The van der Waals surface area contributed by atoms with E-state index in [0.29, 0.717) is 13.0 Å². The first kappa shape index (κ1) is 19.5. The van der Waals surface area contributed by atoms with Gasteiger partial charge < -0.3 is 9.64 Å². The van der Waals surface area contributed by atoms with Gasteiger partial charge in [0.1, 0.15) is 11.6 Å². The molecule has 0 saturated heterocycles.